The first-order valence-corrected chi connectivity index (χ1v) is 9.09. The number of carbonyl (C=O) groups is 1. The largest absolute Gasteiger partial charge is 0.493 e. The maximum absolute atomic E-state index is 12.3. The highest BCUT2D eigenvalue weighted by Gasteiger charge is 2.49. The summed E-state index contributed by atoms with van der Waals surface area (Å²) < 4.78 is 17.0. The lowest BCUT2D eigenvalue weighted by Crippen LogP contribution is -2.53. The number of hydrogen-bond donors (Lipinski definition) is 1. The van der Waals surface area contributed by atoms with Gasteiger partial charge in [-0.3, -0.25) is 4.79 Å². The molecule has 1 unspecified atom stereocenters. The first kappa shape index (κ1) is 18.5. The van der Waals surface area contributed by atoms with Crippen molar-refractivity contribution in [3.8, 4) is 17.6 Å². The van der Waals surface area contributed by atoms with E-state index in [2.05, 4.69) is 6.07 Å². The molecule has 2 aliphatic carbocycles. The van der Waals surface area contributed by atoms with E-state index in [1.807, 2.05) is 18.2 Å². The molecule has 1 aromatic carbocycles. The van der Waals surface area contributed by atoms with Gasteiger partial charge in [-0.05, 0) is 55.7 Å². The van der Waals surface area contributed by atoms with Crippen molar-refractivity contribution in [2.24, 2.45) is 17.6 Å². The molecule has 0 heterocycles. The third-order valence-corrected chi connectivity index (χ3v) is 5.67. The Hall–Kier alpha value is -2.26. The minimum absolute atomic E-state index is 0.124. The minimum Gasteiger partial charge on any atom is -0.493 e. The Morgan fingerprint density at radius 1 is 1.31 bits per heavy atom. The molecule has 0 spiro atoms. The maximum atomic E-state index is 12.3. The Morgan fingerprint density at radius 3 is 2.65 bits per heavy atom. The Bertz CT molecular complexity index is 710. The van der Waals surface area contributed by atoms with E-state index in [1.54, 1.807) is 7.11 Å². The van der Waals surface area contributed by atoms with Gasteiger partial charge in [-0.25, -0.2) is 0 Å². The molecule has 3 atom stereocenters. The SMILES string of the molecule is COc1ccc([C@H]2C[C@H](C#N)CCC2(OC)C(N)=O)cc1OCC1CC1. The summed E-state index contributed by atoms with van der Waals surface area (Å²) >= 11 is 0. The number of rotatable bonds is 7. The average Bonchev–Trinajstić information content (AvgIpc) is 3.49. The van der Waals surface area contributed by atoms with E-state index in [1.165, 1.54) is 20.0 Å². The fraction of sp³-hybridized carbons (Fsp3) is 0.600. The zero-order valence-electron chi connectivity index (χ0n) is 15.4. The Labute approximate surface area is 154 Å². The molecule has 0 aromatic heterocycles. The number of carbonyl (C=O) groups excluding carboxylic acids is 1. The molecule has 0 bridgehead atoms. The molecule has 2 fully saturated rings. The third-order valence-electron chi connectivity index (χ3n) is 5.67. The van der Waals surface area contributed by atoms with Gasteiger partial charge in [0.2, 0.25) is 5.91 Å². The van der Waals surface area contributed by atoms with Crippen molar-refractivity contribution in [2.45, 2.75) is 43.6 Å². The second-order valence-electron chi connectivity index (χ2n) is 7.28. The fourth-order valence-electron chi connectivity index (χ4n) is 3.83. The highest BCUT2D eigenvalue weighted by molar-refractivity contribution is 5.85. The van der Waals surface area contributed by atoms with E-state index in [0.717, 1.165) is 5.56 Å². The molecule has 0 aliphatic heterocycles. The minimum atomic E-state index is -1.10. The van der Waals surface area contributed by atoms with Crippen molar-refractivity contribution < 1.29 is 19.0 Å². The molecule has 0 radical (unpaired) electrons. The van der Waals surface area contributed by atoms with Gasteiger partial charge in [0, 0.05) is 18.9 Å². The van der Waals surface area contributed by atoms with Crippen LogP contribution in [0.25, 0.3) is 0 Å². The second-order valence-corrected chi connectivity index (χ2v) is 7.28. The van der Waals surface area contributed by atoms with Crippen LogP contribution >= 0.6 is 0 Å². The summed E-state index contributed by atoms with van der Waals surface area (Å²) in [4.78, 5) is 12.3. The molecule has 1 aromatic rings. The van der Waals surface area contributed by atoms with Gasteiger partial charge in [-0.2, -0.15) is 5.26 Å². The van der Waals surface area contributed by atoms with Crippen LogP contribution in [0, 0.1) is 23.2 Å². The zero-order chi connectivity index (χ0) is 18.7. The van der Waals surface area contributed by atoms with Crippen LogP contribution in [0.1, 0.15) is 43.6 Å². The van der Waals surface area contributed by atoms with Crippen molar-refractivity contribution in [3.05, 3.63) is 23.8 Å². The molecule has 6 nitrogen and oxygen atoms in total. The zero-order valence-corrected chi connectivity index (χ0v) is 15.4. The lowest BCUT2D eigenvalue weighted by atomic mass is 9.68. The molecule has 6 heteroatoms. The first-order valence-electron chi connectivity index (χ1n) is 9.09. The summed E-state index contributed by atoms with van der Waals surface area (Å²) in [6, 6.07) is 7.98. The van der Waals surface area contributed by atoms with Crippen LogP contribution in [-0.2, 0) is 9.53 Å². The number of ether oxygens (including phenoxy) is 3. The molecular formula is C20H26N2O4. The molecule has 1 amide bonds. The standard InChI is InChI=1S/C20H26N2O4/c1-24-17-6-5-15(10-18(17)26-12-13-3-4-13)16-9-14(11-21)7-8-20(16,25-2)19(22)23/h5-6,10,13-14,16H,3-4,7-9,12H2,1-2H3,(H2,22,23)/t14-,16-,20?/m1/s1. The molecule has 0 saturated heterocycles. The lowest BCUT2D eigenvalue weighted by Gasteiger charge is -2.42. The molecule has 26 heavy (non-hydrogen) atoms. The predicted molar refractivity (Wildman–Crippen MR) is 95.8 cm³/mol. The van der Waals surface area contributed by atoms with E-state index >= 15 is 0 Å². The van der Waals surface area contributed by atoms with E-state index in [4.69, 9.17) is 19.9 Å². The molecule has 2 saturated carbocycles. The highest BCUT2D eigenvalue weighted by atomic mass is 16.5. The van der Waals surface area contributed by atoms with Crippen LogP contribution in [0.3, 0.4) is 0 Å². The van der Waals surface area contributed by atoms with Crippen LogP contribution in [0.5, 0.6) is 11.5 Å². The Kier molecular flexibility index (Phi) is 5.38. The first-order chi connectivity index (χ1) is 12.5. The van der Waals surface area contributed by atoms with E-state index in [0.29, 0.717) is 43.3 Å². The fourth-order valence-corrected chi connectivity index (χ4v) is 3.83. The Balaban J connectivity index is 1.95. The van der Waals surface area contributed by atoms with Gasteiger partial charge in [-0.1, -0.05) is 6.07 Å². The number of amides is 1. The average molecular weight is 358 g/mol. The van der Waals surface area contributed by atoms with E-state index in [-0.39, 0.29) is 11.8 Å². The van der Waals surface area contributed by atoms with Crippen LogP contribution in [0.4, 0.5) is 0 Å². The topological polar surface area (TPSA) is 94.6 Å². The molecule has 3 rings (SSSR count). The number of nitriles is 1. The van der Waals surface area contributed by atoms with Gasteiger partial charge in [0.05, 0.1) is 19.8 Å². The van der Waals surface area contributed by atoms with E-state index in [9.17, 15) is 10.1 Å². The van der Waals surface area contributed by atoms with Gasteiger partial charge >= 0.3 is 0 Å². The summed E-state index contributed by atoms with van der Waals surface area (Å²) in [5.74, 6) is 1.02. The highest BCUT2D eigenvalue weighted by Crippen LogP contribution is 2.47. The van der Waals surface area contributed by atoms with Crippen LogP contribution in [0.15, 0.2) is 18.2 Å². The van der Waals surface area contributed by atoms with Gasteiger partial charge in [0.25, 0.3) is 0 Å². The summed E-state index contributed by atoms with van der Waals surface area (Å²) in [5, 5.41) is 9.37. The number of methoxy groups -OCH3 is 2. The monoisotopic (exact) mass is 358 g/mol. The van der Waals surface area contributed by atoms with Crippen LogP contribution in [-0.4, -0.2) is 32.3 Å². The van der Waals surface area contributed by atoms with Crippen molar-refractivity contribution >= 4 is 5.91 Å². The van der Waals surface area contributed by atoms with Gasteiger partial charge < -0.3 is 19.9 Å². The van der Waals surface area contributed by atoms with Crippen molar-refractivity contribution in [1.82, 2.24) is 0 Å². The quantitative estimate of drug-likeness (QED) is 0.809. The summed E-state index contributed by atoms with van der Waals surface area (Å²) in [6.45, 7) is 0.663. The number of benzene rings is 1. The van der Waals surface area contributed by atoms with Crippen molar-refractivity contribution in [3.63, 3.8) is 0 Å². The Morgan fingerprint density at radius 2 is 2.08 bits per heavy atom. The van der Waals surface area contributed by atoms with E-state index < -0.39 is 11.5 Å². The van der Waals surface area contributed by atoms with Gasteiger partial charge in [0.1, 0.15) is 0 Å². The smallest absolute Gasteiger partial charge is 0.250 e. The molecular weight excluding hydrogens is 332 g/mol. The molecule has 2 N–H and O–H groups in total. The third kappa shape index (κ3) is 3.49. The number of nitrogens with zero attached hydrogens (tertiary/aromatic N) is 1. The number of primary amides is 1. The lowest BCUT2D eigenvalue weighted by molar-refractivity contribution is -0.147. The predicted octanol–water partition coefficient (Wildman–Crippen LogP) is 2.76. The van der Waals surface area contributed by atoms with Gasteiger partial charge in [0.15, 0.2) is 17.1 Å². The van der Waals surface area contributed by atoms with Gasteiger partial charge in [-0.15, -0.1) is 0 Å². The molecule has 2 aliphatic rings. The summed E-state index contributed by atoms with van der Waals surface area (Å²) in [6.07, 6.45) is 3.96. The summed E-state index contributed by atoms with van der Waals surface area (Å²) in [5.41, 5.74) is 5.51. The van der Waals surface area contributed by atoms with Crippen molar-refractivity contribution in [1.29, 1.82) is 5.26 Å². The second kappa shape index (κ2) is 7.55. The van der Waals surface area contributed by atoms with Crippen LogP contribution < -0.4 is 15.2 Å². The maximum Gasteiger partial charge on any atom is 0.250 e. The van der Waals surface area contributed by atoms with Crippen molar-refractivity contribution in [2.75, 3.05) is 20.8 Å². The molecule has 140 valence electrons. The number of nitrogens with two attached hydrogens (primary N) is 1. The normalized spacial score (nSPS) is 28.2. The summed E-state index contributed by atoms with van der Waals surface area (Å²) in [7, 11) is 3.12. The number of hydrogen-bond acceptors (Lipinski definition) is 5. The van der Waals surface area contributed by atoms with Crippen LogP contribution in [0.2, 0.25) is 0 Å².